The molecule has 2 aromatic carbocycles. The lowest BCUT2D eigenvalue weighted by molar-refractivity contribution is 0.0987. The summed E-state index contributed by atoms with van der Waals surface area (Å²) in [7, 11) is 0. The van der Waals surface area contributed by atoms with Crippen LogP contribution in [0.2, 0.25) is 5.02 Å². The van der Waals surface area contributed by atoms with Crippen LogP contribution in [-0.4, -0.2) is 17.6 Å². The molecule has 0 fully saturated rings. The lowest BCUT2D eigenvalue weighted by Gasteiger charge is -2.22. The van der Waals surface area contributed by atoms with E-state index in [1.54, 1.807) is 23.1 Å². The topological polar surface area (TPSA) is 66.6 Å². The van der Waals surface area contributed by atoms with Crippen molar-refractivity contribution in [3.63, 3.8) is 0 Å². The van der Waals surface area contributed by atoms with Crippen molar-refractivity contribution in [3.05, 3.63) is 53.1 Å². The Hall–Kier alpha value is -2.20. The predicted molar refractivity (Wildman–Crippen MR) is 85.9 cm³/mol. The van der Waals surface area contributed by atoms with E-state index in [0.29, 0.717) is 17.8 Å². The zero-order valence-electron chi connectivity index (χ0n) is 11.7. The van der Waals surface area contributed by atoms with E-state index in [-0.39, 0.29) is 16.7 Å². The molecule has 5 heteroatoms. The molecule has 0 bridgehead atoms. The summed E-state index contributed by atoms with van der Waals surface area (Å²) in [6.45, 7) is 2.59. The van der Waals surface area contributed by atoms with E-state index < -0.39 is 0 Å². The van der Waals surface area contributed by atoms with Gasteiger partial charge in [0.2, 0.25) is 0 Å². The fourth-order valence-electron chi connectivity index (χ4n) is 2.02. The summed E-state index contributed by atoms with van der Waals surface area (Å²) in [5, 5.41) is 9.61. The van der Waals surface area contributed by atoms with E-state index in [9.17, 15) is 9.90 Å². The van der Waals surface area contributed by atoms with Crippen LogP contribution in [0.3, 0.4) is 0 Å². The van der Waals surface area contributed by atoms with E-state index in [2.05, 4.69) is 0 Å². The van der Waals surface area contributed by atoms with Crippen molar-refractivity contribution in [2.45, 2.75) is 13.3 Å². The molecule has 2 aromatic rings. The number of rotatable bonds is 4. The lowest BCUT2D eigenvalue weighted by atomic mass is 10.1. The molecule has 0 spiro atoms. The highest BCUT2D eigenvalue weighted by Gasteiger charge is 2.17. The number of nitrogens with two attached hydrogens (primary N) is 1. The highest BCUT2D eigenvalue weighted by atomic mass is 35.5. The second-order valence-corrected chi connectivity index (χ2v) is 5.12. The molecule has 0 aliphatic heterocycles. The number of aromatic hydroxyl groups is 1. The maximum absolute atomic E-state index is 12.6. The average Bonchev–Trinajstić information content (AvgIpc) is 2.48. The van der Waals surface area contributed by atoms with Crippen molar-refractivity contribution < 1.29 is 9.90 Å². The third-order valence-corrected chi connectivity index (χ3v) is 3.39. The van der Waals surface area contributed by atoms with Gasteiger partial charge in [0.15, 0.2) is 0 Å². The largest absolute Gasteiger partial charge is 0.506 e. The van der Waals surface area contributed by atoms with Gasteiger partial charge in [-0.15, -0.1) is 0 Å². The lowest BCUT2D eigenvalue weighted by Crippen LogP contribution is -2.31. The van der Waals surface area contributed by atoms with Crippen LogP contribution in [0.25, 0.3) is 0 Å². The molecule has 0 aliphatic carbocycles. The van der Waals surface area contributed by atoms with Crippen molar-refractivity contribution in [1.82, 2.24) is 0 Å². The van der Waals surface area contributed by atoms with Crippen LogP contribution < -0.4 is 10.6 Å². The van der Waals surface area contributed by atoms with E-state index in [1.165, 1.54) is 12.1 Å². The number of nitrogens with zero attached hydrogens (tertiary/aromatic N) is 1. The number of amides is 1. The first-order valence-electron chi connectivity index (χ1n) is 6.69. The molecule has 110 valence electrons. The van der Waals surface area contributed by atoms with Gasteiger partial charge in [0, 0.05) is 23.5 Å². The maximum atomic E-state index is 12.6. The van der Waals surface area contributed by atoms with Crippen LogP contribution in [0.1, 0.15) is 23.7 Å². The Balaban J connectivity index is 2.34. The Morgan fingerprint density at radius 3 is 2.48 bits per heavy atom. The monoisotopic (exact) mass is 304 g/mol. The summed E-state index contributed by atoms with van der Waals surface area (Å²) in [6.07, 6.45) is 0.821. The van der Waals surface area contributed by atoms with Crippen LogP contribution in [-0.2, 0) is 0 Å². The Morgan fingerprint density at radius 1 is 1.24 bits per heavy atom. The molecule has 21 heavy (non-hydrogen) atoms. The second-order valence-electron chi connectivity index (χ2n) is 4.71. The molecule has 0 saturated heterocycles. The number of hydrogen-bond acceptors (Lipinski definition) is 3. The molecule has 3 N–H and O–H groups in total. The van der Waals surface area contributed by atoms with E-state index in [1.807, 2.05) is 19.1 Å². The van der Waals surface area contributed by atoms with Crippen LogP contribution in [0.5, 0.6) is 5.75 Å². The number of phenolic OH excluding ortho intramolecular Hbond substituents is 1. The number of phenols is 1. The molecule has 0 radical (unpaired) electrons. The molecular formula is C16H17ClN2O2. The molecule has 0 atom stereocenters. The first-order valence-corrected chi connectivity index (χ1v) is 7.06. The molecule has 0 unspecified atom stereocenters. The van der Waals surface area contributed by atoms with Crippen molar-refractivity contribution in [1.29, 1.82) is 0 Å². The fourth-order valence-corrected chi connectivity index (χ4v) is 2.20. The van der Waals surface area contributed by atoms with Gasteiger partial charge in [-0.2, -0.15) is 0 Å². The van der Waals surface area contributed by atoms with Gasteiger partial charge >= 0.3 is 0 Å². The van der Waals surface area contributed by atoms with Crippen molar-refractivity contribution >= 4 is 28.9 Å². The number of halogens is 1. The molecule has 4 nitrogen and oxygen atoms in total. The van der Waals surface area contributed by atoms with Crippen LogP contribution in [0.4, 0.5) is 11.4 Å². The highest BCUT2D eigenvalue weighted by molar-refractivity contribution is 6.32. The zero-order chi connectivity index (χ0) is 15.4. The number of hydrogen-bond donors (Lipinski definition) is 2. The summed E-state index contributed by atoms with van der Waals surface area (Å²) in [5.74, 6) is -0.203. The predicted octanol–water partition coefficient (Wildman–Crippen LogP) is 3.68. The van der Waals surface area contributed by atoms with Gasteiger partial charge in [0.05, 0.1) is 5.02 Å². The summed E-state index contributed by atoms with van der Waals surface area (Å²) in [4.78, 5) is 14.3. The highest BCUT2D eigenvalue weighted by Crippen LogP contribution is 2.26. The number of benzene rings is 2. The van der Waals surface area contributed by atoms with E-state index >= 15 is 0 Å². The zero-order valence-corrected chi connectivity index (χ0v) is 12.5. The van der Waals surface area contributed by atoms with E-state index in [4.69, 9.17) is 17.3 Å². The average molecular weight is 305 g/mol. The van der Waals surface area contributed by atoms with Gasteiger partial charge in [-0.1, -0.05) is 18.5 Å². The third kappa shape index (κ3) is 3.47. The second kappa shape index (κ2) is 6.50. The van der Waals surface area contributed by atoms with Crippen molar-refractivity contribution in [2.75, 3.05) is 17.2 Å². The number of carbonyl (C=O) groups is 1. The Morgan fingerprint density at radius 2 is 1.90 bits per heavy atom. The Labute approximate surface area is 128 Å². The normalized spacial score (nSPS) is 10.4. The quantitative estimate of drug-likeness (QED) is 0.847. The first kappa shape index (κ1) is 15.2. The molecule has 0 aromatic heterocycles. The molecule has 1 amide bonds. The molecule has 2 rings (SSSR count). The molecule has 0 heterocycles. The van der Waals surface area contributed by atoms with Gasteiger partial charge in [0.1, 0.15) is 5.75 Å². The Kier molecular flexibility index (Phi) is 4.70. The minimum Gasteiger partial charge on any atom is -0.506 e. The van der Waals surface area contributed by atoms with Crippen molar-refractivity contribution in [3.8, 4) is 5.75 Å². The minimum absolute atomic E-state index is 0.0391. The smallest absolute Gasteiger partial charge is 0.258 e. The van der Waals surface area contributed by atoms with Gasteiger partial charge in [-0.05, 0) is 48.9 Å². The third-order valence-electron chi connectivity index (χ3n) is 3.09. The number of nitrogen functional groups attached to an aromatic ring is 1. The number of carbonyl (C=O) groups excluding carboxylic acids is 1. The van der Waals surface area contributed by atoms with Crippen LogP contribution in [0.15, 0.2) is 42.5 Å². The van der Waals surface area contributed by atoms with Crippen LogP contribution in [0, 0.1) is 0 Å². The fraction of sp³-hybridized carbons (Fsp3) is 0.188. The standard InChI is InChI=1S/C16H17ClN2O2/c1-2-9-19(13-6-4-12(18)5-7-13)16(21)11-3-8-15(20)14(17)10-11/h3-8,10,20H,2,9,18H2,1H3. The maximum Gasteiger partial charge on any atom is 0.258 e. The van der Waals surface area contributed by atoms with E-state index in [0.717, 1.165) is 12.1 Å². The van der Waals surface area contributed by atoms with Crippen molar-refractivity contribution in [2.24, 2.45) is 0 Å². The molecule has 0 aliphatic rings. The minimum atomic E-state index is -0.163. The van der Waals surface area contributed by atoms with Crippen LogP contribution >= 0.6 is 11.6 Å². The first-order chi connectivity index (χ1) is 10.0. The van der Waals surface area contributed by atoms with Gasteiger partial charge in [-0.25, -0.2) is 0 Å². The number of anilines is 2. The summed E-state index contributed by atoms with van der Waals surface area (Å²) in [6, 6.07) is 11.6. The Bertz CT molecular complexity index is 641. The van der Waals surface area contributed by atoms with Gasteiger partial charge in [-0.3, -0.25) is 4.79 Å². The van der Waals surface area contributed by atoms with Gasteiger partial charge in [0.25, 0.3) is 5.91 Å². The summed E-state index contributed by atoms with van der Waals surface area (Å²) >= 11 is 5.87. The summed E-state index contributed by atoms with van der Waals surface area (Å²) in [5.41, 5.74) is 7.54. The molecular weight excluding hydrogens is 288 g/mol. The van der Waals surface area contributed by atoms with Gasteiger partial charge < -0.3 is 15.7 Å². The molecule has 0 saturated carbocycles. The SMILES string of the molecule is CCCN(C(=O)c1ccc(O)c(Cl)c1)c1ccc(N)cc1. The summed E-state index contributed by atoms with van der Waals surface area (Å²) < 4.78 is 0.